The van der Waals surface area contributed by atoms with E-state index in [2.05, 4.69) is 10.3 Å². The molecule has 1 N–H and O–H groups in total. The molecule has 0 aliphatic carbocycles. The Labute approximate surface area is 240 Å². The number of nitrogens with zero attached hydrogens (tertiary/aromatic N) is 5. The first-order chi connectivity index (χ1) is 19.3. The van der Waals surface area contributed by atoms with E-state index >= 15 is 0 Å². The number of hydrogen-bond acceptors (Lipinski definition) is 8. The predicted octanol–water partition coefficient (Wildman–Crippen LogP) is 3.89. The van der Waals surface area contributed by atoms with Crippen LogP contribution in [-0.4, -0.2) is 79.4 Å². The molecule has 5 rings (SSSR count). The Morgan fingerprint density at radius 2 is 1.63 bits per heavy atom. The Bertz CT molecular complexity index is 1470. The molecule has 41 heavy (non-hydrogen) atoms. The summed E-state index contributed by atoms with van der Waals surface area (Å²) in [6, 6.07) is 5.73. The van der Waals surface area contributed by atoms with Gasteiger partial charge < -0.3 is 19.7 Å². The van der Waals surface area contributed by atoms with E-state index in [9.17, 15) is 14.4 Å². The van der Waals surface area contributed by atoms with Gasteiger partial charge in [-0.25, -0.2) is 14.2 Å². The first-order valence-electron chi connectivity index (χ1n) is 14.1. The fraction of sp³-hybridized carbons (Fsp3) is 0.533. The number of piperazine rings is 1. The molecule has 0 unspecified atom stereocenters. The average molecular weight is 565 g/mol. The van der Waals surface area contributed by atoms with Crippen molar-refractivity contribution >= 4 is 29.0 Å². The van der Waals surface area contributed by atoms with Crippen molar-refractivity contribution in [1.82, 2.24) is 29.2 Å². The molecule has 1 fully saturated rings. The number of pyridine rings is 1. The predicted molar refractivity (Wildman–Crippen MR) is 154 cm³/mol. The largest absolute Gasteiger partial charge is 0.443 e. The second-order valence-electron chi connectivity index (χ2n) is 12.8. The topological polar surface area (TPSA) is 111 Å². The van der Waals surface area contributed by atoms with Crippen LogP contribution in [0.4, 0.5) is 9.59 Å². The molecule has 0 spiro atoms. The van der Waals surface area contributed by atoms with E-state index in [1.807, 2.05) is 58.6 Å². The number of carbonyl (C=O) groups excluding carboxylic acids is 3. The first kappa shape index (κ1) is 28.8. The Hall–Kier alpha value is -3.70. The summed E-state index contributed by atoms with van der Waals surface area (Å²) in [5, 5.41) is 4.19. The maximum atomic E-state index is 13.4. The monoisotopic (exact) mass is 564 g/mol. The molecule has 0 saturated carbocycles. The van der Waals surface area contributed by atoms with Crippen LogP contribution >= 0.6 is 0 Å². The summed E-state index contributed by atoms with van der Waals surface area (Å²) in [7, 11) is 0. The van der Waals surface area contributed by atoms with Crippen LogP contribution in [0.5, 0.6) is 0 Å². The van der Waals surface area contributed by atoms with Crippen molar-refractivity contribution in [2.24, 2.45) is 0 Å². The summed E-state index contributed by atoms with van der Waals surface area (Å²) >= 11 is 0. The van der Waals surface area contributed by atoms with Crippen molar-refractivity contribution in [2.45, 2.75) is 78.8 Å². The highest BCUT2D eigenvalue weighted by molar-refractivity contribution is 5.90. The maximum absolute atomic E-state index is 13.4. The lowest BCUT2D eigenvalue weighted by atomic mass is 10.1. The molecule has 2 aliphatic heterocycles. The van der Waals surface area contributed by atoms with Crippen molar-refractivity contribution in [3.8, 4) is 0 Å². The van der Waals surface area contributed by atoms with Crippen LogP contribution in [0.1, 0.15) is 64.2 Å². The quantitative estimate of drug-likeness (QED) is 0.508. The number of nitrogens with one attached hydrogen (secondary N) is 1. The maximum Gasteiger partial charge on any atom is 0.419 e. The Morgan fingerprint density at radius 3 is 2.32 bits per heavy atom. The zero-order valence-electron chi connectivity index (χ0n) is 24.8. The van der Waals surface area contributed by atoms with Crippen LogP contribution in [0.2, 0.25) is 0 Å². The molecule has 0 aromatic carbocycles. The van der Waals surface area contributed by atoms with Crippen LogP contribution in [0.15, 0.2) is 30.6 Å². The fourth-order valence-electron chi connectivity index (χ4n) is 5.41. The lowest BCUT2D eigenvalue weighted by Crippen LogP contribution is -2.50. The van der Waals surface area contributed by atoms with Crippen LogP contribution < -0.4 is 5.32 Å². The van der Waals surface area contributed by atoms with Gasteiger partial charge in [0.05, 0.1) is 18.6 Å². The highest BCUT2D eigenvalue weighted by Gasteiger charge is 2.31. The van der Waals surface area contributed by atoms with Gasteiger partial charge >= 0.3 is 12.2 Å². The van der Waals surface area contributed by atoms with Gasteiger partial charge in [0, 0.05) is 74.0 Å². The summed E-state index contributed by atoms with van der Waals surface area (Å²) in [6.07, 6.45) is 3.22. The van der Waals surface area contributed by atoms with E-state index in [1.165, 1.54) is 0 Å². The second-order valence-corrected chi connectivity index (χ2v) is 12.8. The zero-order valence-corrected chi connectivity index (χ0v) is 24.8. The summed E-state index contributed by atoms with van der Waals surface area (Å²) in [6.45, 7) is 14.6. The van der Waals surface area contributed by atoms with Gasteiger partial charge in [-0.3, -0.25) is 19.2 Å². The number of amides is 1. The molecule has 1 amide bonds. The number of fused-ring (bicyclic) bond motifs is 2. The summed E-state index contributed by atoms with van der Waals surface area (Å²) < 4.78 is 14.6. The van der Waals surface area contributed by atoms with Gasteiger partial charge in [0.1, 0.15) is 11.2 Å². The molecule has 1 saturated heterocycles. The number of carbonyl (C=O) groups is 3. The third-order valence-corrected chi connectivity index (χ3v) is 7.09. The van der Waals surface area contributed by atoms with Crippen molar-refractivity contribution in [3.63, 3.8) is 0 Å². The standard InChI is InChI=1S/C30H40N6O5/c1-29(2,3)40-27(38)35-22(13-20-15-31-9-7-24(20)35)17-33-11-12-34(26(37)19-33)18-23-14-21-16-32-10-8-25(21)36(23)28(39)41-30(4,5)6/h7,9,13-15,32H,8,10-12,16-19H2,1-6H3. The molecule has 11 heteroatoms. The minimum absolute atomic E-state index is 0.0362. The molecule has 0 radical (unpaired) electrons. The van der Waals surface area contributed by atoms with E-state index in [-0.39, 0.29) is 12.5 Å². The molecule has 0 bridgehead atoms. The Morgan fingerprint density at radius 1 is 0.951 bits per heavy atom. The zero-order chi connectivity index (χ0) is 29.5. The summed E-state index contributed by atoms with van der Waals surface area (Å²) in [5.74, 6) is -0.0362. The highest BCUT2D eigenvalue weighted by Crippen LogP contribution is 2.26. The lowest BCUT2D eigenvalue weighted by molar-refractivity contribution is -0.137. The van der Waals surface area contributed by atoms with E-state index < -0.39 is 23.4 Å². The molecule has 0 atom stereocenters. The molecule has 5 heterocycles. The molecule has 11 nitrogen and oxygen atoms in total. The third kappa shape index (κ3) is 6.46. The van der Waals surface area contributed by atoms with Gasteiger partial charge in [0.15, 0.2) is 0 Å². The van der Waals surface area contributed by atoms with Crippen molar-refractivity contribution in [2.75, 3.05) is 26.2 Å². The van der Waals surface area contributed by atoms with E-state index in [4.69, 9.17) is 9.47 Å². The van der Waals surface area contributed by atoms with Crippen LogP contribution in [0.3, 0.4) is 0 Å². The molecular weight excluding hydrogens is 524 g/mol. The van der Waals surface area contributed by atoms with Gasteiger partial charge in [-0.2, -0.15) is 0 Å². The van der Waals surface area contributed by atoms with Crippen molar-refractivity contribution < 1.29 is 23.9 Å². The SMILES string of the molecule is CC(C)(C)OC(=O)n1c(CN2CCN(Cc3cc4cnccc4n3C(=O)OC(C)(C)C)CC2=O)cc2c1CCNC2. The molecule has 3 aromatic rings. The van der Waals surface area contributed by atoms with Crippen LogP contribution in [0.25, 0.3) is 10.9 Å². The van der Waals surface area contributed by atoms with E-state index in [0.29, 0.717) is 32.7 Å². The van der Waals surface area contributed by atoms with Crippen molar-refractivity contribution in [1.29, 1.82) is 0 Å². The van der Waals surface area contributed by atoms with Gasteiger partial charge in [-0.05, 0) is 65.3 Å². The minimum atomic E-state index is -0.647. The summed E-state index contributed by atoms with van der Waals surface area (Å²) in [4.78, 5) is 47.7. The van der Waals surface area contributed by atoms with Crippen LogP contribution in [0, 0.1) is 0 Å². The summed E-state index contributed by atoms with van der Waals surface area (Å²) in [5.41, 5.74) is 2.95. The Balaban J connectivity index is 1.32. The van der Waals surface area contributed by atoms with Gasteiger partial charge in [-0.1, -0.05) is 0 Å². The number of ether oxygens (including phenoxy) is 2. The number of hydrogen-bond donors (Lipinski definition) is 1. The molecule has 2 aliphatic rings. The highest BCUT2D eigenvalue weighted by atomic mass is 16.6. The molecular formula is C30H40N6O5. The lowest BCUT2D eigenvalue weighted by Gasteiger charge is -2.34. The normalized spacial score (nSPS) is 16.6. The van der Waals surface area contributed by atoms with Crippen LogP contribution in [-0.2, 0) is 40.3 Å². The van der Waals surface area contributed by atoms with Gasteiger partial charge in [0.25, 0.3) is 0 Å². The number of rotatable bonds is 4. The second kappa shape index (κ2) is 10.9. The Kier molecular flexibility index (Phi) is 7.69. The smallest absolute Gasteiger partial charge is 0.419 e. The van der Waals surface area contributed by atoms with Crippen molar-refractivity contribution in [3.05, 3.63) is 53.2 Å². The van der Waals surface area contributed by atoms with E-state index in [1.54, 1.807) is 32.5 Å². The van der Waals surface area contributed by atoms with E-state index in [0.717, 1.165) is 46.5 Å². The minimum Gasteiger partial charge on any atom is -0.443 e. The first-order valence-corrected chi connectivity index (χ1v) is 14.1. The number of aromatic nitrogens is 3. The molecule has 220 valence electrons. The van der Waals surface area contributed by atoms with Gasteiger partial charge in [0.2, 0.25) is 5.91 Å². The third-order valence-electron chi connectivity index (χ3n) is 7.09. The average Bonchev–Trinajstić information content (AvgIpc) is 3.41. The molecule has 3 aromatic heterocycles. The van der Waals surface area contributed by atoms with Gasteiger partial charge in [-0.15, -0.1) is 0 Å². The fourth-order valence-corrected chi connectivity index (χ4v) is 5.41.